The second-order valence-corrected chi connectivity index (χ2v) is 10.5. The van der Waals surface area contributed by atoms with Crippen molar-refractivity contribution in [3.8, 4) is 11.5 Å². The van der Waals surface area contributed by atoms with Gasteiger partial charge in [-0.3, -0.25) is 4.79 Å². The molecule has 3 aromatic carbocycles. The van der Waals surface area contributed by atoms with Gasteiger partial charge >= 0.3 is 6.03 Å². The number of ketones is 1. The Morgan fingerprint density at radius 3 is 2.21 bits per heavy atom. The minimum atomic E-state index is -4.03. The van der Waals surface area contributed by atoms with Crippen molar-refractivity contribution in [2.24, 2.45) is 0 Å². The fourth-order valence-corrected chi connectivity index (χ4v) is 4.76. The van der Waals surface area contributed by atoms with Gasteiger partial charge in [-0.2, -0.15) is 0 Å². The number of hydrogen-bond acceptors (Lipinski definition) is 7. The number of pyridine rings is 1. The van der Waals surface area contributed by atoms with Crippen molar-refractivity contribution in [3.05, 3.63) is 94.6 Å². The summed E-state index contributed by atoms with van der Waals surface area (Å²) in [4.78, 5) is 29.3. The van der Waals surface area contributed by atoms with Crippen molar-refractivity contribution in [2.75, 3.05) is 19.5 Å². The van der Waals surface area contributed by atoms with Crippen molar-refractivity contribution in [1.29, 1.82) is 0 Å². The fraction of sp³-hybridized carbons (Fsp3) is 0.107. The molecular formula is C28H24ClN3O6S. The number of aromatic nitrogens is 1. The van der Waals surface area contributed by atoms with Crippen LogP contribution in [0.1, 0.15) is 21.5 Å². The minimum Gasteiger partial charge on any atom is -0.493 e. The molecule has 2 amide bonds. The van der Waals surface area contributed by atoms with Crippen LogP contribution in [0.5, 0.6) is 11.5 Å². The third-order valence-corrected chi connectivity index (χ3v) is 7.35. The Hall–Kier alpha value is -4.41. The van der Waals surface area contributed by atoms with Gasteiger partial charge in [0.15, 0.2) is 17.3 Å². The van der Waals surface area contributed by atoms with Crippen molar-refractivity contribution >= 4 is 56.1 Å². The number of ether oxygens (including phenoxy) is 2. The quantitative estimate of drug-likeness (QED) is 0.161. The van der Waals surface area contributed by atoms with Crippen LogP contribution < -0.4 is 19.5 Å². The zero-order valence-electron chi connectivity index (χ0n) is 21.2. The maximum Gasteiger partial charge on any atom is 0.333 e. The van der Waals surface area contributed by atoms with E-state index < -0.39 is 16.1 Å². The van der Waals surface area contributed by atoms with Crippen LogP contribution in [0.2, 0.25) is 5.15 Å². The zero-order chi connectivity index (χ0) is 28.2. The van der Waals surface area contributed by atoms with Crippen LogP contribution >= 0.6 is 11.6 Å². The van der Waals surface area contributed by atoms with Gasteiger partial charge in [-0.15, -0.1) is 0 Å². The van der Waals surface area contributed by atoms with Crippen LogP contribution in [0.25, 0.3) is 17.0 Å². The summed E-state index contributed by atoms with van der Waals surface area (Å²) >= 11 is 6.33. The van der Waals surface area contributed by atoms with Gasteiger partial charge in [-0.05, 0) is 67.6 Å². The van der Waals surface area contributed by atoms with Gasteiger partial charge in [-0.25, -0.2) is 22.9 Å². The highest BCUT2D eigenvalue weighted by molar-refractivity contribution is 7.90. The molecule has 11 heteroatoms. The van der Waals surface area contributed by atoms with Gasteiger partial charge in [0.2, 0.25) is 0 Å². The SMILES string of the molecule is COc1cc2cc(/C=C/C(=O)c3ccc(NC(=O)NS(=O)(=O)c4ccc(C)cc4)cc3)c(Cl)nc2cc1OC. The summed E-state index contributed by atoms with van der Waals surface area (Å²) in [5.41, 5.74) is 2.69. The van der Waals surface area contributed by atoms with E-state index in [1.54, 1.807) is 36.4 Å². The van der Waals surface area contributed by atoms with Crippen molar-refractivity contribution in [3.63, 3.8) is 0 Å². The number of urea groups is 1. The molecule has 0 bridgehead atoms. The first-order chi connectivity index (χ1) is 18.6. The first-order valence-corrected chi connectivity index (χ1v) is 13.4. The average molecular weight is 566 g/mol. The Kier molecular flexibility index (Phi) is 8.18. The predicted octanol–water partition coefficient (Wildman–Crippen LogP) is 5.62. The topological polar surface area (TPSA) is 124 Å². The van der Waals surface area contributed by atoms with Gasteiger partial charge in [0.05, 0.1) is 24.6 Å². The monoisotopic (exact) mass is 565 g/mol. The number of sulfonamides is 1. The molecule has 0 radical (unpaired) electrons. The van der Waals surface area contributed by atoms with Gasteiger partial charge < -0.3 is 14.8 Å². The van der Waals surface area contributed by atoms with Crippen LogP contribution in [-0.2, 0) is 10.0 Å². The summed E-state index contributed by atoms with van der Waals surface area (Å²) in [5.74, 6) is 0.752. The van der Waals surface area contributed by atoms with Crippen LogP contribution in [0, 0.1) is 6.92 Å². The lowest BCUT2D eigenvalue weighted by atomic mass is 10.1. The van der Waals surface area contributed by atoms with Gasteiger partial charge in [0.1, 0.15) is 5.15 Å². The van der Waals surface area contributed by atoms with Gasteiger partial charge in [-0.1, -0.05) is 29.3 Å². The van der Waals surface area contributed by atoms with E-state index in [0.29, 0.717) is 33.8 Å². The molecule has 1 heterocycles. The number of methoxy groups -OCH3 is 2. The molecule has 0 spiro atoms. The molecular weight excluding hydrogens is 542 g/mol. The molecule has 0 aliphatic heterocycles. The number of benzene rings is 3. The van der Waals surface area contributed by atoms with Crippen molar-refractivity contribution in [2.45, 2.75) is 11.8 Å². The normalized spacial score (nSPS) is 11.4. The first kappa shape index (κ1) is 27.6. The number of halogens is 1. The number of rotatable bonds is 8. The Bertz CT molecular complexity index is 1690. The van der Waals surface area contributed by atoms with Crippen LogP contribution in [0.15, 0.2) is 77.7 Å². The lowest BCUT2D eigenvalue weighted by Crippen LogP contribution is -2.34. The van der Waals surface area contributed by atoms with Crippen molar-refractivity contribution < 1.29 is 27.5 Å². The molecule has 2 N–H and O–H groups in total. The number of nitrogens with zero attached hydrogens (tertiary/aromatic N) is 1. The molecule has 4 rings (SSSR count). The molecule has 0 unspecified atom stereocenters. The number of anilines is 1. The smallest absolute Gasteiger partial charge is 0.333 e. The first-order valence-electron chi connectivity index (χ1n) is 11.5. The summed E-state index contributed by atoms with van der Waals surface area (Å²) in [6.45, 7) is 1.83. The number of carbonyl (C=O) groups is 2. The summed E-state index contributed by atoms with van der Waals surface area (Å²) in [5, 5.41) is 3.41. The molecule has 0 saturated heterocycles. The Morgan fingerprint density at radius 2 is 1.56 bits per heavy atom. The number of amides is 2. The number of carbonyl (C=O) groups excluding carboxylic acids is 2. The molecule has 9 nitrogen and oxygen atoms in total. The van der Waals surface area contributed by atoms with E-state index in [-0.39, 0.29) is 15.8 Å². The molecule has 0 aliphatic carbocycles. The highest BCUT2D eigenvalue weighted by Crippen LogP contribution is 2.33. The van der Waals surface area contributed by atoms with E-state index in [1.165, 1.54) is 56.7 Å². The molecule has 0 saturated carbocycles. The molecule has 0 aliphatic rings. The van der Waals surface area contributed by atoms with Crippen LogP contribution in [0.3, 0.4) is 0 Å². The van der Waals surface area contributed by atoms with E-state index in [4.69, 9.17) is 21.1 Å². The summed E-state index contributed by atoms with van der Waals surface area (Å²) < 4.78 is 37.4. The number of allylic oxidation sites excluding steroid dienone is 1. The molecule has 4 aromatic rings. The summed E-state index contributed by atoms with van der Waals surface area (Å²) in [6.07, 6.45) is 2.92. The molecule has 39 heavy (non-hydrogen) atoms. The number of hydrogen-bond donors (Lipinski definition) is 2. The highest BCUT2D eigenvalue weighted by Gasteiger charge is 2.17. The van der Waals surface area contributed by atoms with E-state index >= 15 is 0 Å². The molecule has 1 aromatic heterocycles. The van der Waals surface area contributed by atoms with Crippen LogP contribution in [0.4, 0.5) is 10.5 Å². The lowest BCUT2D eigenvalue weighted by molar-refractivity contribution is 0.104. The van der Waals surface area contributed by atoms with Crippen LogP contribution in [-0.4, -0.2) is 39.4 Å². The summed E-state index contributed by atoms with van der Waals surface area (Å²) in [7, 11) is -0.966. The lowest BCUT2D eigenvalue weighted by Gasteiger charge is -2.10. The van der Waals surface area contributed by atoms with Crippen molar-refractivity contribution in [1.82, 2.24) is 9.71 Å². The maximum atomic E-state index is 12.7. The third-order valence-electron chi connectivity index (χ3n) is 5.70. The number of nitrogens with one attached hydrogen (secondary N) is 2. The predicted molar refractivity (Wildman–Crippen MR) is 150 cm³/mol. The van der Waals surface area contributed by atoms with Gasteiger partial charge in [0.25, 0.3) is 10.0 Å². The highest BCUT2D eigenvalue weighted by atomic mass is 35.5. The van der Waals surface area contributed by atoms with E-state index in [1.807, 2.05) is 11.6 Å². The Morgan fingerprint density at radius 1 is 0.923 bits per heavy atom. The fourth-order valence-electron chi connectivity index (χ4n) is 3.65. The number of aryl methyl sites for hydroxylation is 1. The Labute approximate surface area is 230 Å². The van der Waals surface area contributed by atoms with E-state index in [9.17, 15) is 18.0 Å². The zero-order valence-corrected chi connectivity index (χ0v) is 22.8. The van der Waals surface area contributed by atoms with E-state index in [2.05, 4.69) is 10.3 Å². The third kappa shape index (κ3) is 6.54. The largest absolute Gasteiger partial charge is 0.493 e. The summed E-state index contributed by atoms with van der Waals surface area (Å²) in [6, 6.07) is 16.4. The van der Waals surface area contributed by atoms with E-state index in [0.717, 1.165) is 10.9 Å². The molecule has 0 fully saturated rings. The minimum absolute atomic E-state index is 0.0310. The second-order valence-electron chi connectivity index (χ2n) is 8.42. The van der Waals surface area contributed by atoms with Gasteiger partial charge in [0, 0.05) is 28.3 Å². The second kappa shape index (κ2) is 11.5. The standard InChI is InChI=1S/C28H24ClN3O6S/c1-17-4-11-22(12-5-17)39(35,36)32-28(34)30-21-9-6-18(7-10-21)24(33)13-8-19-14-20-15-25(37-2)26(38-3)16-23(20)31-27(19)29/h4-16H,1-3H3,(H2,30,32,34)/b13-8+. The molecule has 200 valence electrons. The molecule has 0 atom stereocenters. The maximum absolute atomic E-state index is 12.7. The average Bonchev–Trinajstić information content (AvgIpc) is 2.91. The number of fused-ring (bicyclic) bond motifs is 1. The Balaban J connectivity index is 1.43.